The Labute approximate surface area is 187 Å². The van der Waals surface area contributed by atoms with Crippen molar-refractivity contribution in [3.63, 3.8) is 0 Å². The number of carbonyl (C=O) groups is 1. The van der Waals surface area contributed by atoms with Gasteiger partial charge in [0.15, 0.2) is 0 Å². The van der Waals surface area contributed by atoms with Crippen LogP contribution in [-0.4, -0.2) is 73.4 Å². The number of aromatic amines is 1. The summed E-state index contributed by atoms with van der Waals surface area (Å²) in [4.78, 5) is 21.5. The molecular formula is C22H26N4O5S. The van der Waals surface area contributed by atoms with Gasteiger partial charge in [-0.3, -0.25) is 4.79 Å². The number of pyridine rings is 1. The number of sulfonamides is 1. The van der Waals surface area contributed by atoms with Gasteiger partial charge in [-0.05, 0) is 42.8 Å². The SMILES string of the molecule is COc1ccc(OCCCC(=O)N2CCN(S(=O)(=O)c3c[nH]c4ncccc34)CC2)cc1. The maximum absolute atomic E-state index is 13.1. The lowest BCUT2D eigenvalue weighted by Crippen LogP contribution is -2.50. The molecule has 1 N–H and O–H groups in total. The third kappa shape index (κ3) is 4.71. The summed E-state index contributed by atoms with van der Waals surface area (Å²) in [5, 5.41) is 0.572. The second-order valence-electron chi connectivity index (χ2n) is 7.46. The predicted octanol–water partition coefficient (Wildman–Crippen LogP) is 2.26. The van der Waals surface area contributed by atoms with Gasteiger partial charge >= 0.3 is 0 Å². The average Bonchev–Trinajstić information content (AvgIpc) is 3.27. The van der Waals surface area contributed by atoms with Crippen LogP contribution in [0.15, 0.2) is 53.7 Å². The molecule has 1 amide bonds. The molecular weight excluding hydrogens is 432 g/mol. The summed E-state index contributed by atoms with van der Waals surface area (Å²) < 4.78 is 38.4. The number of carbonyl (C=O) groups excluding carboxylic acids is 1. The number of ether oxygens (including phenoxy) is 2. The van der Waals surface area contributed by atoms with Crippen LogP contribution in [0, 0.1) is 0 Å². The Bertz CT molecular complexity index is 1170. The smallest absolute Gasteiger partial charge is 0.245 e. The highest BCUT2D eigenvalue weighted by atomic mass is 32.2. The third-order valence-corrected chi connectivity index (χ3v) is 7.42. The van der Waals surface area contributed by atoms with Crippen molar-refractivity contribution in [3.8, 4) is 11.5 Å². The van der Waals surface area contributed by atoms with Crippen LogP contribution in [0.25, 0.3) is 11.0 Å². The summed E-state index contributed by atoms with van der Waals surface area (Å²) in [5.74, 6) is 1.50. The lowest BCUT2D eigenvalue weighted by molar-refractivity contribution is -0.132. The van der Waals surface area contributed by atoms with Gasteiger partial charge in [0, 0.05) is 50.4 Å². The Morgan fingerprint density at radius 2 is 1.81 bits per heavy atom. The van der Waals surface area contributed by atoms with Crippen LogP contribution in [0.2, 0.25) is 0 Å². The highest BCUT2D eigenvalue weighted by Gasteiger charge is 2.31. The number of H-pyrrole nitrogens is 1. The molecule has 2 aromatic heterocycles. The molecule has 170 valence electrons. The number of amides is 1. The Hall–Kier alpha value is -3.11. The summed E-state index contributed by atoms with van der Waals surface area (Å²) in [6, 6.07) is 10.7. The number of rotatable bonds is 8. The summed E-state index contributed by atoms with van der Waals surface area (Å²) in [6.07, 6.45) is 4.04. The van der Waals surface area contributed by atoms with Gasteiger partial charge in [0.05, 0.1) is 13.7 Å². The van der Waals surface area contributed by atoms with Crippen LogP contribution in [0.5, 0.6) is 11.5 Å². The molecule has 0 unspecified atom stereocenters. The zero-order valence-corrected chi connectivity index (χ0v) is 18.7. The zero-order chi connectivity index (χ0) is 22.6. The summed E-state index contributed by atoms with van der Waals surface area (Å²) in [7, 11) is -2.05. The van der Waals surface area contributed by atoms with Gasteiger partial charge in [0.1, 0.15) is 22.0 Å². The molecule has 1 aliphatic rings. The van der Waals surface area contributed by atoms with Gasteiger partial charge in [-0.1, -0.05) is 0 Å². The van der Waals surface area contributed by atoms with E-state index in [0.717, 1.165) is 11.5 Å². The monoisotopic (exact) mass is 458 g/mol. The van der Waals surface area contributed by atoms with Gasteiger partial charge in [-0.15, -0.1) is 0 Å². The third-order valence-electron chi connectivity index (χ3n) is 5.49. The van der Waals surface area contributed by atoms with E-state index >= 15 is 0 Å². The molecule has 0 bridgehead atoms. The van der Waals surface area contributed by atoms with Crippen LogP contribution in [-0.2, 0) is 14.8 Å². The van der Waals surface area contributed by atoms with Crippen molar-refractivity contribution in [3.05, 3.63) is 48.8 Å². The summed E-state index contributed by atoms with van der Waals surface area (Å²) >= 11 is 0. The van der Waals surface area contributed by atoms with E-state index in [9.17, 15) is 13.2 Å². The van der Waals surface area contributed by atoms with Crippen molar-refractivity contribution in [1.29, 1.82) is 0 Å². The normalized spacial score (nSPS) is 15.1. The Morgan fingerprint density at radius 3 is 2.53 bits per heavy atom. The Kier molecular flexibility index (Phi) is 6.61. The molecule has 1 saturated heterocycles. The molecule has 0 saturated carbocycles. The fourth-order valence-electron chi connectivity index (χ4n) is 3.70. The zero-order valence-electron chi connectivity index (χ0n) is 17.9. The van der Waals surface area contributed by atoms with E-state index in [4.69, 9.17) is 9.47 Å². The van der Waals surface area contributed by atoms with Crippen molar-refractivity contribution >= 4 is 27.0 Å². The molecule has 1 aromatic carbocycles. The average molecular weight is 459 g/mol. The highest BCUT2D eigenvalue weighted by molar-refractivity contribution is 7.89. The van der Waals surface area contributed by atoms with Gasteiger partial charge in [-0.2, -0.15) is 4.31 Å². The summed E-state index contributed by atoms with van der Waals surface area (Å²) in [6.45, 7) is 1.71. The van der Waals surface area contributed by atoms with Gasteiger partial charge in [0.25, 0.3) is 0 Å². The molecule has 3 heterocycles. The topological polar surface area (TPSA) is 105 Å². The molecule has 0 radical (unpaired) electrons. The van der Waals surface area contributed by atoms with Gasteiger partial charge < -0.3 is 19.4 Å². The minimum absolute atomic E-state index is 0.0108. The quantitative estimate of drug-likeness (QED) is 0.519. The minimum atomic E-state index is -3.66. The van der Waals surface area contributed by atoms with E-state index in [2.05, 4.69) is 9.97 Å². The predicted molar refractivity (Wildman–Crippen MR) is 119 cm³/mol. The number of nitrogens with zero attached hydrogens (tertiary/aromatic N) is 3. The Morgan fingerprint density at radius 1 is 1.09 bits per heavy atom. The molecule has 32 heavy (non-hydrogen) atoms. The number of benzene rings is 1. The molecule has 1 aliphatic heterocycles. The maximum atomic E-state index is 13.1. The lowest BCUT2D eigenvalue weighted by Gasteiger charge is -2.34. The number of hydrogen-bond donors (Lipinski definition) is 1. The van der Waals surface area contributed by atoms with Crippen LogP contribution in [0.3, 0.4) is 0 Å². The lowest BCUT2D eigenvalue weighted by atomic mass is 10.2. The van der Waals surface area contributed by atoms with Crippen molar-refractivity contribution in [2.75, 3.05) is 39.9 Å². The molecule has 0 spiro atoms. The standard InChI is InChI=1S/C22H26N4O5S/c1-30-17-6-8-18(9-7-17)31-15-3-5-21(27)25-11-13-26(14-12-25)32(28,29)20-16-24-22-19(20)4-2-10-23-22/h2,4,6-10,16H,3,5,11-15H2,1H3,(H,23,24). The fourth-order valence-corrected chi connectivity index (χ4v) is 5.28. The van der Waals surface area contributed by atoms with Crippen molar-refractivity contribution in [2.24, 2.45) is 0 Å². The number of aromatic nitrogens is 2. The summed E-state index contributed by atoms with van der Waals surface area (Å²) in [5.41, 5.74) is 0.539. The molecule has 0 aliphatic carbocycles. The Balaban J connectivity index is 1.25. The molecule has 10 heteroatoms. The highest BCUT2D eigenvalue weighted by Crippen LogP contribution is 2.25. The fraction of sp³-hybridized carbons (Fsp3) is 0.364. The number of piperazine rings is 1. The van der Waals surface area contributed by atoms with Gasteiger partial charge in [-0.25, -0.2) is 13.4 Å². The van der Waals surface area contributed by atoms with E-state index in [1.54, 1.807) is 30.3 Å². The minimum Gasteiger partial charge on any atom is -0.497 e. The first kappa shape index (κ1) is 22.1. The van der Waals surface area contributed by atoms with Crippen molar-refractivity contribution < 1.29 is 22.7 Å². The van der Waals surface area contributed by atoms with Crippen LogP contribution in [0.4, 0.5) is 0 Å². The van der Waals surface area contributed by atoms with E-state index in [1.807, 2.05) is 24.3 Å². The second-order valence-corrected chi connectivity index (χ2v) is 9.37. The first-order chi connectivity index (χ1) is 15.5. The first-order valence-corrected chi connectivity index (χ1v) is 11.9. The largest absolute Gasteiger partial charge is 0.497 e. The van der Waals surface area contributed by atoms with E-state index in [1.165, 1.54) is 10.5 Å². The second kappa shape index (κ2) is 9.58. The molecule has 1 fully saturated rings. The van der Waals surface area contributed by atoms with Crippen molar-refractivity contribution in [2.45, 2.75) is 17.7 Å². The molecule has 3 aromatic rings. The first-order valence-electron chi connectivity index (χ1n) is 10.5. The number of hydrogen-bond acceptors (Lipinski definition) is 6. The van der Waals surface area contributed by atoms with Crippen LogP contribution >= 0.6 is 0 Å². The number of methoxy groups -OCH3 is 1. The van der Waals surface area contributed by atoms with E-state index < -0.39 is 10.0 Å². The van der Waals surface area contributed by atoms with Gasteiger partial charge in [0.2, 0.25) is 15.9 Å². The van der Waals surface area contributed by atoms with E-state index in [0.29, 0.717) is 43.6 Å². The molecule has 9 nitrogen and oxygen atoms in total. The molecule has 0 atom stereocenters. The van der Waals surface area contributed by atoms with Crippen LogP contribution < -0.4 is 9.47 Å². The van der Waals surface area contributed by atoms with Crippen molar-refractivity contribution in [1.82, 2.24) is 19.2 Å². The van der Waals surface area contributed by atoms with E-state index in [-0.39, 0.29) is 23.9 Å². The maximum Gasteiger partial charge on any atom is 0.245 e. The van der Waals surface area contributed by atoms with Crippen LogP contribution in [0.1, 0.15) is 12.8 Å². The number of fused-ring (bicyclic) bond motifs is 1. The number of nitrogens with one attached hydrogen (secondary N) is 1. The molecule has 4 rings (SSSR count).